The molecule has 0 saturated heterocycles. The summed E-state index contributed by atoms with van der Waals surface area (Å²) in [5.41, 5.74) is 2.24. The van der Waals surface area contributed by atoms with Crippen molar-refractivity contribution in [2.45, 2.75) is 32.7 Å². The van der Waals surface area contributed by atoms with Gasteiger partial charge in [-0.1, -0.05) is 26.0 Å². The SMILES string of the molecule is C=C(C)NC(CCC)c1cccnc1. The average Bonchev–Trinajstić information content (AvgIpc) is 2.18. The van der Waals surface area contributed by atoms with E-state index in [1.807, 2.05) is 19.2 Å². The lowest BCUT2D eigenvalue weighted by Gasteiger charge is -2.19. The second-order valence-corrected chi connectivity index (χ2v) is 3.55. The zero-order valence-corrected chi connectivity index (χ0v) is 8.96. The smallest absolute Gasteiger partial charge is 0.0525 e. The fourth-order valence-corrected chi connectivity index (χ4v) is 1.49. The molecule has 2 nitrogen and oxygen atoms in total. The van der Waals surface area contributed by atoms with Crippen LogP contribution in [0.5, 0.6) is 0 Å². The first kappa shape index (κ1) is 10.8. The van der Waals surface area contributed by atoms with Crippen molar-refractivity contribution in [2.24, 2.45) is 0 Å². The molecule has 0 amide bonds. The van der Waals surface area contributed by atoms with Crippen LogP contribution in [0.1, 0.15) is 38.3 Å². The molecular weight excluding hydrogens is 172 g/mol. The predicted molar refractivity (Wildman–Crippen MR) is 59.8 cm³/mol. The first-order valence-corrected chi connectivity index (χ1v) is 5.06. The van der Waals surface area contributed by atoms with E-state index in [0.29, 0.717) is 6.04 Å². The van der Waals surface area contributed by atoms with Gasteiger partial charge >= 0.3 is 0 Å². The third kappa shape index (κ3) is 3.21. The number of hydrogen-bond acceptors (Lipinski definition) is 2. The molecule has 0 aliphatic rings. The van der Waals surface area contributed by atoms with Crippen molar-refractivity contribution in [2.75, 3.05) is 0 Å². The Balaban J connectivity index is 2.72. The van der Waals surface area contributed by atoms with Crippen molar-refractivity contribution >= 4 is 0 Å². The minimum Gasteiger partial charge on any atom is -0.382 e. The molecule has 76 valence electrons. The van der Waals surface area contributed by atoms with Crippen LogP contribution in [0.15, 0.2) is 36.8 Å². The Kier molecular flexibility index (Phi) is 4.17. The second kappa shape index (κ2) is 5.43. The zero-order valence-electron chi connectivity index (χ0n) is 8.96. The molecule has 0 spiro atoms. The molecule has 1 N–H and O–H groups in total. The molecule has 0 aliphatic heterocycles. The Morgan fingerprint density at radius 3 is 2.93 bits per heavy atom. The first-order valence-electron chi connectivity index (χ1n) is 5.06. The molecule has 1 atom stereocenters. The third-order valence-electron chi connectivity index (χ3n) is 2.08. The number of rotatable bonds is 5. The van der Waals surface area contributed by atoms with E-state index < -0.39 is 0 Å². The fraction of sp³-hybridized carbons (Fsp3) is 0.417. The zero-order chi connectivity index (χ0) is 10.4. The molecular formula is C12H18N2. The molecule has 14 heavy (non-hydrogen) atoms. The minimum atomic E-state index is 0.353. The van der Waals surface area contributed by atoms with E-state index in [1.165, 1.54) is 5.56 Å². The van der Waals surface area contributed by atoms with Crippen LogP contribution in [0.25, 0.3) is 0 Å². The summed E-state index contributed by atoms with van der Waals surface area (Å²) in [6.07, 6.45) is 5.97. The lowest BCUT2D eigenvalue weighted by atomic mass is 10.0. The molecule has 2 heteroatoms. The van der Waals surface area contributed by atoms with Crippen LogP contribution in [-0.2, 0) is 0 Å². The maximum atomic E-state index is 4.13. The van der Waals surface area contributed by atoms with Gasteiger partial charge in [-0.3, -0.25) is 4.98 Å². The lowest BCUT2D eigenvalue weighted by Crippen LogP contribution is -2.18. The summed E-state index contributed by atoms with van der Waals surface area (Å²) in [6, 6.07) is 4.42. The van der Waals surface area contributed by atoms with Gasteiger partial charge in [0.25, 0.3) is 0 Å². The minimum absolute atomic E-state index is 0.353. The van der Waals surface area contributed by atoms with Gasteiger partial charge in [0.1, 0.15) is 0 Å². The monoisotopic (exact) mass is 190 g/mol. The highest BCUT2D eigenvalue weighted by atomic mass is 14.9. The Morgan fingerprint density at radius 1 is 1.64 bits per heavy atom. The number of nitrogens with zero attached hydrogens (tertiary/aromatic N) is 1. The number of nitrogens with one attached hydrogen (secondary N) is 1. The van der Waals surface area contributed by atoms with Gasteiger partial charge in [-0.25, -0.2) is 0 Å². The van der Waals surface area contributed by atoms with Crippen molar-refractivity contribution in [3.8, 4) is 0 Å². The summed E-state index contributed by atoms with van der Waals surface area (Å²) in [5, 5.41) is 3.36. The van der Waals surface area contributed by atoms with Crippen LogP contribution in [0.3, 0.4) is 0 Å². The Hall–Kier alpha value is -1.31. The quantitative estimate of drug-likeness (QED) is 0.772. The molecule has 0 bridgehead atoms. The molecule has 1 unspecified atom stereocenters. The standard InChI is InChI=1S/C12H18N2/c1-4-6-12(14-10(2)3)11-7-5-8-13-9-11/h5,7-9,12,14H,2,4,6H2,1,3H3. The van der Waals surface area contributed by atoms with Gasteiger partial charge in [-0.15, -0.1) is 0 Å². The van der Waals surface area contributed by atoms with Crippen molar-refractivity contribution < 1.29 is 0 Å². The van der Waals surface area contributed by atoms with E-state index in [0.717, 1.165) is 18.5 Å². The summed E-state index contributed by atoms with van der Waals surface area (Å²) >= 11 is 0. The normalized spacial score (nSPS) is 12.1. The molecule has 1 heterocycles. The third-order valence-corrected chi connectivity index (χ3v) is 2.08. The van der Waals surface area contributed by atoms with E-state index in [9.17, 15) is 0 Å². The predicted octanol–water partition coefficient (Wildman–Crippen LogP) is 3.05. The first-order chi connectivity index (χ1) is 6.74. The molecule has 0 saturated carbocycles. The molecule has 1 aromatic rings. The number of hydrogen-bond donors (Lipinski definition) is 1. The Bertz CT molecular complexity index is 280. The largest absolute Gasteiger partial charge is 0.382 e. The Morgan fingerprint density at radius 2 is 2.43 bits per heavy atom. The van der Waals surface area contributed by atoms with Crippen LogP contribution in [-0.4, -0.2) is 4.98 Å². The second-order valence-electron chi connectivity index (χ2n) is 3.55. The summed E-state index contributed by atoms with van der Waals surface area (Å²) in [7, 11) is 0. The molecule has 0 aromatic carbocycles. The van der Waals surface area contributed by atoms with Crippen LogP contribution in [0.4, 0.5) is 0 Å². The van der Waals surface area contributed by atoms with Gasteiger partial charge < -0.3 is 5.32 Å². The number of aromatic nitrogens is 1. The van der Waals surface area contributed by atoms with Crippen molar-refractivity contribution in [1.29, 1.82) is 0 Å². The topological polar surface area (TPSA) is 24.9 Å². The summed E-state index contributed by atoms with van der Waals surface area (Å²) in [5.74, 6) is 0. The maximum Gasteiger partial charge on any atom is 0.0525 e. The van der Waals surface area contributed by atoms with Gasteiger partial charge in [0.2, 0.25) is 0 Å². The highest BCUT2D eigenvalue weighted by Crippen LogP contribution is 2.18. The van der Waals surface area contributed by atoms with Crippen LogP contribution >= 0.6 is 0 Å². The van der Waals surface area contributed by atoms with Crippen molar-refractivity contribution in [3.63, 3.8) is 0 Å². The van der Waals surface area contributed by atoms with Crippen LogP contribution < -0.4 is 5.32 Å². The van der Waals surface area contributed by atoms with Gasteiger partial charge in [-0.05, 0) is 25.0 Å². The van der Waals surface area contributed by atoms with E-state index >= 15 is 0 Å². The molecule has 0 fully saturated rings. The summed E-state index contributed by atoms with van der Waals surface area (Å²) < 4.78 is 0. The fourth-order valence-electron chi connectivity index (χ4n) is 1.49. The van der Waals surface area contributed by atoms with Gasteiger partial charge in [-0.2, -0.15) is 0 Å². The molecule has 0 aliphatic carbocycles. The van der Waals surface area contributed by atoms with Crippen molar-refractivity contribution in [1.82, 2.24) is 10.3 Å². The number of allylic oxidation sites excluding steroid dienone is 1. The Labute approximate surface area is 86.1 Å². The molecule has 1 aromatic heterocycles. The van der Waals surface area contributed by atoms with Gasteiger partial charge in [0.15, 0.2) is 0 Å². The van der Waals surface area contributed by atoms with E-state index in [4.69, 9.17) is 0 Å². The molecule has 1 rings (SSSR count). The maximum absolute atomic E-state index is 4.13. The molecule has 0 radical (unpaired) electrons. The van der Waals surface area contributed by atoms with Crippen LogP contribution in [0.2, 0.25) is 0 Å². The van der Waals surface area contributed by atoms with Crippen molar-refractivity contribution in [3.05, 3.63) is 42.4 Å². The van der Waals surface area contributed by atoms with Crippen LogP contribution in [0, 0.1) is 0 Å². The summed E-state index contributed by atoms with van der Waals surface area (Å²) in [6.45, 7) is 8.04. The van der Waals surface area contributed by atoms with Gasteiger partial charge in [0.05, 0.1) is 6.04 Å². The van der Waals surface area contributed by atoms with E-state index in [1.54, 1.807) is 6.20 Å². The lowest BCUT2D eigenvalue weighted by molar-refractivity contribution is 0.544. The van der Waals surface area contributed by atoms with E-state index in [2.05, 4.69) is 29.9 Å². The summed E-state index contributed by atoms with van der Waals surface area (Å²) in [4.78, 5) is 4.13. The highest BCUT2D eigenvalue weighted by molar-refractivity contribution is 5.15. The van der Waals surface area contributed by atoms with Gasteiger partial charge in [0, 0.05) is 18.1 Å². The average molecular weight is 190 g/mol. The highest BCUT2D eigenvalue weighted by Gasteiger charge is 2.08. The van der Waals surface area contributed by atoms with E-state index in [-0.39, 0.29) is 0 Å². The number of pyridine rings is 1.